The Morgan fingerprint density at radius 3 is 2.37 bits per heavy atom. The molecular formula is C26H32N3Si+. The molecule has 30 heavy (non-hydrogen) atoms. The highest BCUT2D eigenvalue weighted by Gasteiger charge is 2.40. The van der Waals surface area contributed by atoms with Gasteiger partial charge in [-0.15, -0.1) is 0 Å². The Balaban J connectivity index is 2.11. The first-order valence-corrected chi connectivity index (χ1v) is 13.6. The van der Waals surface area contributed by atoms with Crippen molar-refractivity contribution in [3.63, 3.8) is 0 Å². The van der Waals surface area contributed by atoms with E-state index < -0.39 is 8.07 Å². The van der Waals surface area contributed by atoms with Gasteiger partial charge in [-0.05, 0) is 56.4 Å². The number of fused-ring (bicyclic) bond motifs is 2. The van der Waals surface area contributed by atoms with E-state index in [4.69, 9.17) is 5.73 Å². The van der Waals surface area contributed by atoms with E-state index >= 15 is 0 Å². The molecule has 2 aromatic rings. The van der Waals surface area contributed by atoms with Gasteiger partial charge < -0.3 is 10.6 Å². The third kappa shape index (κ3) is 3.20. The fourth-order valence-electron chi connectivity index (χ4n) is 4.61. The molecule has 0 atom stereocenters. The van der Waals surface area contributed by atoms with Gasteiger partial charge in [0.1, 0.15) is 22.2 Å². The highest BCUT2D eigenvalue weighted by Crippen LogP contribution is 2.42. The van der Waals surface area contributed by atoms with Crippen molar-refractivity contribution < 1.29 is 4.58 Å². The highest BCUT2D eigenvalue weighted by atomic mass is 28.3. The van der Waals surface area contributed by atoms with Crippen molar-refractivity contribution in [2.45, 2.75) is 19.6 Å². The van der Waals surface area contributed by atoms with Gasteiger partial charge in [-0.1, -0.05) is 43.4 Å². The van der Waals surface area contributed by atoms with Crippen molar-refractivity contribution >= 4 is 30.2 Å². The average molecular weight is 415 g/mol. The first kappa shape index (κ1) is 20.6. The third-order valence-corrected chi connectivity index (χ3v) is 9.95. The molecule has 154 valence electrons. The molecule has 0 bridgehead atoms. The molecule has 4 rings (SSSR count). The maximum Gasteiger partial charge on any atom is 0.199 e. The summed E-state index contributed by atoms with van der Waals surface area (Å²) in [6.45, 7) is 5.50. The molecule has 0 radical (unpaired) electrons. The first-order chi connectivity index (χ1) is 14.3. The molecule has 3 nitrogen and oxygen atoms in total. The van der Waals surface area contributed by atoms with Gasteiger partial charge in [0, 0.05) is 38.5 Å². The monoisotopic (exact) mass is 414 g/mol. The van der Waals surface area contributed by atoms with Crippen molar-refractivity contribution in [3.05, 3.63) is 88.2 Å². The van der Waals surface area contributed by atoms with E-state index in [1.807, 2.05) is 0 Å². The maximum absolute atomic E-state index is 6.16. The van der Waals surface area contributed by atoms with Crippen LogP contribution in [0.5, 0.6) is 0 Å². The van der Waals surface area contributed by atoms with Crippen LogP contribution in [0.15, 0.2) is 71.5 Å². The molecule has 0 unspecified atom stereocenters. The summed E-state index contributed by atoms with van der Waals surface area (Å²) < 4.78 is 2.20. The van der Waals surface area contributed by atoms with Gasteiger partial charge in [-0.25, -0.2) is 4.58 Å². The topological polar surface area (TPSA) is 32.3 Å². The zero-order valence-electron chi connectivity index (χ0n) is 19.0. The van der Waals surface area contributed by atoms with Gasteiger partial charge in [0.15, 0.2) is 5.71 Å². The minimum atomic E-state index is -1.89. The van der Waals surface area contributed by atoms with Crippen molar-refractivity contribution in [3.8, 4) is 0 Å². The molecule has 2 aliphatic rings. The Hall–Kier alpha value is -2.69. The summed E-state index contributed by atoms with van der Waals surface area (Å²) in [5, 5.41) is 3.00. The molecule has 0 spiro atoms. The highest BCUT2D eigenvalue weighted by molar-refractivity contribution is 6.98. The fourth-order valence-corrected chi connectivity index (χ4v) is 7.68. The lowest BCUT2D eigenvalue weighted by Gasteiger charge is -2.38. The normalized spacial score (nSPS) is 16.8. The number of nitrogens with zero attached hydrogens (tertiary/aromatic N) is 2. The summed E-state index contributed by atoms with van der Waals surface area (Å²) in [5.41, 5.74) is 15.2. The van der Waals surface area contributed by atoms with Crippen LogP contribution in [0, 0.1) is 0 Å². The van der Waals surface area contributed by atoms with Crippen LogP contribution in [0.4, 0.5) is 5.69 Å². The van der Waals surface area contributed by atoms with Crippen LogP contribution in [-0.4, -0.2) is 46.6 Å². The number of rotatable bonds is 3. The second-order valence-electron chi connectivity index (χ2n) is 9.11. The molecule has 1 aliphatic heterocycles. The van der Waals surface area contributed by atoms with Crippen LogP contribution in [0.2, 0.25) is 13.1 Å². The van der Waals surface area contributed by atoms with E-state index in [0.29, 0.717) is 6.54 Å². The summed E-state index contributed by atoms with van der Waals surface area (Å²) in [4.78, 5) is 2.20. The van der Waals surface area contributed by atoms with Gasteiger partial charge in [-0.3, -0.25) is 0 Å². The fraction of sp³-hybridized carbons (Fsp3) is 0.269. The molecule has 0 saturated carbocycles. The van der Waals surface area contributed by atoms with E-state index in [1.54, 1.807) is 0 Å². The van der Waals surface area contributed by atoms with Gasteiger partial charge in [0.2, 0.25) is 0 Å². The molecule has 0 amide bonds. The summed E-state index contributed by atoms with van der Waals surface area (Å²) in [5.74, 6) is 0. The largest absolute Gasteiger partial charge is 0.378 e. The molecule has 0 aromatic heterocycles. The van der Waals surface area contributed by atoms with Crippen molar-refractivity contribution in [1.29, 1.82) is 0 Å². The van der Waals surface area contributed by atoms with Crippen LogP contribution in [0.3, 0.4) is 0 Å². The SMILES string of the molecule is CN(C)c1ccc2c(c1)[Si](C)(C)C1=CC(=[N+](C)C)C=CC1=C2c1ccccc1CN. The molecule has 0 fully saturated rings. The lowest BCUT2D eigenvalue weighted by atomic mass is 9.87. The molecule has 1 aliphatic carbocycles. The summed E-state index contributed by atoms with van der Waals surface area (Å²) in [7, 11) is 6.57. The van der Waals surface area contributed by atoms with Crippen molar-refractivity contribution in [2.75, 3.05) is 33.1 Å². The Labute approximate surface area is 181 Å². The van der Waals surface area contributed by atoms with E-state index in [-0.39, 0.29) is 0 Å². The second-order valence-corrected chi connectivity index (χ2v) is 13.4. The smallest absolute Gasteiger partial charge is 0.199 e. The molecule has 2 aromatic carbocycles. The van der Waals surface area contributed by atoms with Crippen LogP contribution in [0.25, 0.3) is 5.57 Å². The van der Waals surface area contributed by atoms with Crippen molar-refractivity contribution in [1.82, 2.24) is 0 Å². The Morgan fingerprint density at radius 2 is 1.70 bits per heavy atom. The van der Waals surface area contributed by atoms with E-state index in [9.17, 15) is 0 Å². The number of anilines is 1. The predicted molar refractivity (Wildman–Crippen MR) is 133 cm³/mol. The van der Waals surface area contributed by atoms with Crippen LogP contribution >= 0.6 is 0 Å². The van der Waals surface area contributed by atoms with Gasteiger partial charge in [-0.2, -0.15) is 0 Å². The molecule has 4 heteroatoms. The molecule has 2 N–H and O–H groups in total. The van der Waals surface area contributed by atoms with E-state index in [1.165, 1.54) is 49.6 Å². The maximum atomic E-state index is 6.16. The minimum Gasteiger partial charge on any atom is -0.378 e. The van der Waals surface area contributed by atoms with Gasteiger partial charge in [0.05, 0.1) is 0 Å². The Morgan fingerprint density at radius 1 is 0.967 bits per heavy atom. The zero-order valence-corrected chi connectivity index (χ0v) is 20.0. The lowest BCUT2D eigenvalue weighted by Crippen LogP contribution is -2.49. The lowest BCUT2D eigenvalue weighted by molar-refractivity contribution is -0.462. The Bertz CT molecular complexity index is 1140. The van der Waals surface area contributed by atoms with E-state index in [0.717, 1.165) is 0 Å². The van der Waals surface area contributed by atoms with Crippen LogP contribution < -0.4 is 15.8 Å². The summed E-state index contributed by atoms with van der Waals surface area (Å²) >= 11 is 0. The second kappa shape index (κ2) is 7.53. The molecule has 1 heterocycles. The van der Waals surface area contributed by atoms with Crippen LogP contribution in [-0.2, 0) is 6.54 Å². The zero-order chi connectivity index (χ0) is 21.6. The Kier molecular flexibility index (Phi) is 5.16. The molecular weight excluding hydrogens is 382 g/mol. The van der Waals surface area contributed by atoms with Gasteiger partial charge in [0.25, 0.3) is 0 Å². The van der Waals surface area contributed by atoms with Crippen molar-refractivity contribution in [2.24, 2.45) is 5.73 Å². The quantitative estimate of drug-likeness (QED) is 0.614. The number of allylic oxidation sites excluding steroid dienone is 5. The van der Waals surface area contributed by atoms with Crippen LogP contribution in [0.1, 0.15) is 16.7 Å². The standard InChI is InChI=1S/C26H32N3Si/c1-28(2)19-11-13-22-24(15-19)30(5,6)25-16-20(29(3)4)12-14-23(25)26(22)21-10-8-7-9-18(21)17-27/h7-16H,17,27H2,1-6H3/q+1. The summed E-state index contributed by atoms with van der Waals surface area (Å²) in [6, 6.07) is 15.6. The first-order valence-electron chi connectivity index (χ1n) is 10.6. The number of hydrogen-bond donors (Lipinski definition) is 1. The minimum absolute atomic E-state index is 0.538. The average Bonchev–Trinajstić information content (AvgIpc) is 2.73. The number of nitrogens with two attached hydrogens (primary N) is 1. The number of benzene rings is 2. The summed E-state index contributed by atoms with van der Waals surface area (Å²) in [6.07, 6.45) is 6.98. The third-order valence-electron chi connectivity index (χ3n) is 6.43. The predicted octanol–water partition coefficient (Wildman–Crippen LogP) is 3.69. The molecule has 0 saturated heterocycles. The van der Waals surface area contributed by atoms with Gasteiger partial charge >= 0.3 is 0 Å². The van der Waals surface area contributed by atoms with E-state index in [2.05, 4.69) is 111 Å². The number of hydrogen-bond acceptors (Lipinski definition) is 2.